The van der Waals surface area contributed by atoms with E-state index in [1.165, 1.54) is 4.90 Å². The fourth-order valence-corrected chi connectivity index (χ4v) is 3.82. The molecule has 1 aliphatic carbocycles. The molecule has 29 heavy (non-hydrogen) atoms. The van der Waals surface area contributed by atoms with Crippen molar-refractivity contribution in [3.63, 3.8) is 0 Å². The van der Waals surface area contributed by atoms with Crippen LogP contribution >= 0.6 is 0 Å². The van der Waals surface area contributed by atoms with E-state index in [2.05, 4.69) is 0 Å². The first-order chi connectivity index (χ1) is 14.0. The van der Waals surface area contributed by atoms with Gasteiger partial charge in [-0.25, -0.2) is 4.98 Å². The van der Waals surface area contributed by atoms with E-state index >= 15 is 0 Å². The van der Waals surface area contributed by atoms with Gasteiger partial charge < -0.3 is 14.4 Å². The van der Waals surface area contributed by atoms with Crippen molar-refractivity contribution in [3.8, 4) is 0 Å². The average Bonchev–Trinajstić information content (AvgIpc) is 3.23. The standard InChI is InChI=1S/C23H22N2O4/c1-25(12-11-20(26)27)23(28)21-17-8-2-3-10-19(17)24-22-15(6-4-9-18(21)22)14-16-7-5-13-29-16/h2-3,5,7-8,10,13-14H,4,6,9,11-12H2,1H3,(H,26,27)/b15-14-. The third kappa shape index (κ3) is 3.78. The Labute approximate surface area is 168 Å². The Morgan fingerprint density at radius 2 is 2.03 bits per heavy atom. The number of nitrogens with zero attached hydrogens (tertiary/aromatic N) is 2. The van der Waals surface area contributed by atoms with E-state index in [-0.39, 0.29) is 18.9 Å². The van der Waals surface area contributed by atoms with E-state index in [9.17, 15) is 9.59 Å². The van der Waals surface area contributed by atoms with Crippen LogP contribution in [-0.2, 0) is 11.2 Å². The summed E-state index contributed by atoms with van der Waals surface area (Å²) in [5.74, 6) is -0.329. The van der Waals surface area contributed by atoms with Crippen LogP contribution in [0.3, 0.4) is 0 Å². The van der Waals surface area contributed by atoms with Crippen molar-refractivity contribution in [1.29, 1.82) is 0 Å². The number of pyridine rings is 1. The van der Waals surface area contributed by atoms with E-state index in [0.717, 1.165) is 52.8 Å². The molecule has 1 N–H and O–H groups in total. The predicted molar refractivity (Wildman–Crippen MR) is 110 cm³/mol. The molecule has 0 saturated heterocycles. The van der Waals surface area contributed by atoms with Crippen molar-refractivity contribution >= 4 is 34.4 Å². The number of para-hydroxylation sites is 1. The number of aliphatic carboxylic acids is 1. The van der Waals surface area contributed by atoms with Gasteiger partial charge >= 0.3 is 5.97 Å². The third-order valence-electron chi connectivity index (χ3n) is 5.25. The van der Waals surface area contributed by atoms with Crippen molar-refractivity contribution in [2.45, 2.75) is 25.7 Å². The number of hydrogen-bond donors (Lipinski definition) is 1. The van der Waals surface area contributed by atoms with E-state index in [1.54, 1.807) is 13.3 Å². The lowest BCUT2D eigenvalue weighted by atomic mass is 9.86. The summed E-state index contributed by atoms with van der Waals surface area (Å²) < 4.78 is 5.47. The van der Waals surface area contributed by atoms with Gasteiger partial charge in [-0.15, -0.1) is 0 Å². The van der Waals surface area contributed by atoms with Crippen LogP contribution in [0, 0.1) is 0 Å². The second kappa shape index (κ2) is 7.91. The van der Waals surface area contributed by atoms with Crippen LogP contribution in [0.15, 0.2) is 47.1 Å². The molecule has 1 aromatic carbocycles. The SMILES string of the molecule is CN(CCC(=O)O)C(=O)c1c2c(nc3ccccc13)/C(=C\c1ccco1)CCC2. The molecule has 1 amide bonds. The van der Waals surface area contributed by atoms with E-state index in [0.29, 0.717) is 5.56 Å². The molecular formula is C23H22N2O4. The quantitative estimate of drug-likeness (QED) is 0.704. The minimum Gasteiger partial charge on any atom is -0.481 e. The Kier molecular flexibility index (Phi) is 5.16. The van der Waals surface area contributed by atoms with Gasteiger partial charge in [0.1, 0.15) is 5.76 Å². The third-order valence-corrected chi connectivity index (χ3v) is 5.25. The van der Waals surface area contributed by atoms with Crippen molar-refractivity contribution in [3.05, 3.63) is 65.2 Å². The van der Waals surface area contributed by atoms with Crippen molar-refractivity contribution < 1.29 is 19.1 Å². The van der Waals surface area contributed by atoms with Gasteiger partial charge in [-0.05, 0) is 54.7 Å². The van der Waals surface area contributed by atoms with Gasteiger partial charge in [-0.1, -0.05) is 18.2 Å². The highest BCUT2D eigenvalue weighted by atomic mass is 16.4. The lowest BCUT2D eigenvalue weighted by Gasteiger charge is -2.25. The summed E-state index contributed by atoms with van der Waals surface area (Å²) >= 11 is 0. The molecule has 148 valence electrons. The number of allylic oxidation sites excluding steroid dienone is 1. The van der Waals surface area contributed by atoms with Gasteiger partial charge in [0, 0.05) is 19.0 Å². The van der Waals surface area contributed by atoms with Crippen molar-refractivity contribution in [2.24, 2.45) is 0 Å². The summed E-state index contributed by atoms with van der Waals surface area (Å²) in [6.45, 7) is 0.161. The van der Waals surface area contributed by atoms with Gasteiger partial charge in [0.05, 0.1) is 29.5 Å². The molecule has 2 aromatic heterocycles. The predicted octanol–water partition coefficient (Wildman–Crippen LogP) is 4.25. The molecule has 0 fully saturated rings. The number of amides is 1. The topological polar surface area (TPSA) is 83.6 Å². The maximum Gasteiger partial charge on any atom is 0.305 e. The molecule has 0 aliphatic heterocycles. The summed E-state index contributed by atoms with van der Waals surface area (Å²) in [4.78, 5) is 30.6. The minimum absolute atomic E-state index is 0.0862. The smallest absolute Gasteiger partial charge is 0.305 e. The molecule has 6 nitrogen and oxygen atoms in total. The molecule has 0 unspecified atom stereocenters. The highest BCUT2D eigenvalue weighted by Gasteiger charge is 2.27. The largest absolute Gasteiger partial charge is 0.481 e. The van der Waals surface area contributed by atoms with Crippen LogP contribution in [0.4, 0.5) is 0 Å². The fraction of sp³-hybridized carbons (Fsp3) is 0.261. The first-order valence-corrected chi connectivity index (χ1v) is 9.68. The number of carboxylic acid groups (broad SMARTS) is 1. The number of carbonyl (C=O) groups excluding carboxylic acids is 1. The van der Waals surface area contributed by atoms with Crippen molar-refractivity contribution in [2.75, 3.05) is 13.6 Å². The van der Waals surface area contributed by atoms with Crippen LogP contribution in [0.2, 0.25) is 0 Å². The van der Waals surface area contributed by atoms with Crippen LogP contribution < -0.4 is 0 Å². The van der Waals surface area contributed by atoms with Gasteiger partial charge in [0.25, 0.3) is 5.91 Å². The van der Waals surface area contributed by atoms with E-state index in [4.69, 9.17) is 14.5 Å². The molecule has 4 rings (SSSR count). The van der Waals surface area contributed by atoms with Crippen LogP contribution in [0.5, 0.6) is 0 Å². The summed E-state index contributed by atoms with van der Waals surface area (Å²) in [7, 11) is 1.65. The number of fused-ring (bicyclic) bond motifs is 2. The fourth-order valence-electron chi connectivity index (χ4n) is 3.82. The normalized spacial score (nSPS) is 14.7. The van der Waals surface area contributed by atoms with E-state index < -0.39 is 5.97 Å². The second-order valence-electron chi connectivity index (χ2n) is 7.24. The minimum atomic E-state index is -0.921. The number of rotatable bonds is 5. The Balaban J connectivity index is 1.85. The first-order valence-electron chi connectivity index (χ1n) is 9.68. The van der Waals surface area contributed by atoms with Crippen LogP contribution in [0.1, 0.15) is 46.6 Å². The first kappa shape index (κ1) is 18.9. The van der Waals surface area contributed by atoms with Gasteiger partial charge in [0.2, 0.25) is 0 Å². The zero-order valence-corrected chi connectivity index (χ0v) is 16.2. The Morgan fingerprint density at radius 1 is 1.21 bits per heavy atom. The Hall–Kier alpha value is -3.41. The van der Waals surface area contributed by atoms with Crippen molar-refractivity contribution in [1.82, 2.24) is 9.88 Å². The highest BCUT2D eigenvalue weighted by Crippen LogP contribution is 2.36. The number of aromatic nitrogens is 1. The number of carboxylic acids is 1. The molecule has 1 aliphatic rings. The van der Waals surface area contributed by atoms with Gasteiger partial charge in [-0.3, -0.25) is 9.59 Å². The molecule has 0 saturated carbocycles. The zero-order chi connectivity index (χ0) is 20.4. The molecule has 0 radical (unpaired) electrons. The monoisotopic (exact) mass is 390 g/mol. The Morgan fingerprint density at radius 3 is 2.79 bits per heavy atom. The summed E-state index contributed by atoms with van der Waals surface area (Å²) in [5, 5.41) is 9.77. The number of hydrogen-bond acceptors (Lipinski definition) is 4. The van der Waals surface area contributed by atoms with Gasteiger partial charge in [-0.2, -0.15) is 0 Å². The molecule has 3 aromatic rings. The molecule has 6 heteroatoms. The van der Waals surface area contributed by atoms with E-state index in [1.807, 2.05) is 42.5 Å². The Bertz CT molecular complexity index is 1100. The lowest BCUT2D eigenvalue weighted by Crippen LogP contribution is -2.30. The van der Waals surface area contributed by atoms with Gasteiger partial charge in [0.15, 0.2) is 0 Å². The maximum absolute atomic E-state index is 13.3. The zero-order valence-electron chi connectivity index (χ0n) is 16.2. The molecule has 2 heterocycles. The second-order valence-corrected chi connectivity index (χ2v) is 7.24. The number of benzene rings is 1. The lowest BCUT2D eigenvalue weighted by molar-refractivity contribution is -0.137. The molecule has 0 spiro atoms. The molecule has 0 atom stereocenters. The molecule has 0 bridgehead atoms. The molecular weight excluding hydrogens is 368 g/mol. The van der Waals surface area contributed by atoms with Crippen LogP contribution in [-0.4, -0.2) is 40.5 Å². The summed E-state index contributed by atoms with van der Waals surface area (Å²) in [6, 6.07) is 11.4. The average molecular weight is 390 g/mol. The number of furan rings is 1. The summed E-state index contributed by atoms with van der Waals surface area (Å²) in [5.41, 5.74) is 4.20. The highest BCUT2D eigenvalue weighted by molar-refractivity contribution is 6.09. The summed E-state index contributed by atoms with van der Waals surface area (Å²) in [6.07, 6.45) is 6.08. The van der Waals surface area contributed by atoms with Crippen LogP contribution in [0.25, 0.3) is 22.6 Å². The maximum atomic E-state index is 13.3. The number of carbonyl (C=O) groups is 2.